The summed E-state index contributed by atoms with van der Waals surface area (Å²) >= 11 is 0. The van der Waals surface area contributed by atoms with Crippen LogP contribution >= 0.6 is 0 Å². The Kier molecular flexibility index (Phi) is 6.44. The van der Waals surface area contributed by atoms with Gasteiger partial charge in [-0.05, 0) is 29.4 Å². The molecule has 1 aromatic rings. The van der Waals surface area contributed by atoms with Crippen molar-refractivity contribution in [2.24, 2.45) is 0 Å². The van der Waals surface area contributed by atoms with Crippen LogP contribution in [0.3, 0.4) is 0 Å². The minimum atomic E-state index is -0.200. The zero-order chi connectivity index (χ0) is 17.8. The summed E-state index contributed by atoms with van der Waals surface area (Å²) in [5, 5.41) is 10.7. The fourth-order valence-electron chi connectivity index (χ4n) is 2.72. The molecule has 0 saturated heterocycles. The largest absolute Gasteiger partial charge is 0.507 e. The lowest BCUT2D eigenvalue weighted by Gasteiger charge is -2.28. The highest BCUT2D eigenvalue weighted by Gasteiger charge is 2.27. The van der Waals surface area contributed by atoms with E-state index in [1.807, 2.05) is 12.1 Å². The number of aromatic hydroxyl groups is 1. The number of carbonyl (C=O) groups excluding carboxylic acids is 1. The van der Waals surface area contributed by atoms with Gasteiger partial charge in [0.2, 0.25) is 0 Å². The van der Waals surface area contributed by atoms with Crippen LogP contribution in [0.4, 0.5) is 0 Å². The number of unbranched alkanes of at least 4 members (excludes halogenated alkanes) is 3. The van der Waals surface area contributed by atoms with Crippen molar-refractivity contribution < 1.29 is 9.90 Å². The van der Waals surface area contributed by atoms with Crippen molar-refractivity contribution >= 4 is 5.78 Å². The first-order chi connectivity index (χ1) is 10.5. The molecule has 2 heteroatoms. The molecule has 0 aliphatic heterocycles. The lowest BCUT2D eigenvalue weighted by Crippen LogP contribution is -2.18. The zero-order valence-electron chi connectivity index (χ0n) is 15.8. The van der Waals surface area contributed by atoms with E-state index in [1.54, 1.807) is 0 Å². The van der Waals surface area contributed by atoms with E-state index < -0.39 is 0 Å². The maximum atomic E-state index is 12.6. The molecule has 0 saturated carbocycles. The number of phenols is 1. The van der Waals surface area contributed by atoms with Crippen LogP contribution in [-0.4, -0.2) is 10.9 Å². The van der Waals surface area contributed by atoms with Gasteiger partial charge in [-0.15, -0.1) is 0 Å². The smallest absolute Gasteiger partial charge is 0.162 e. The van der Waals surface area contributed by atoms with E-state index in [-0.39, 0.29) is 16.6 Å². The van der Waals surface area contributed by atoms with E-state index >= 15 is 0 Å². The van der Waals surface area contributed by atoms with E-state index in [0.29, 0.717) is 12.2 Å². The van der Waals surface area contributed by atoms with Gasteiger partial charge in [0, 0.05) is 23.1 Å². The molecule has 0 aliphatic rings. The Balaban J connectivity index is 3.20. The maximum Gasteiger partial charge on any atom is 0.162 e. The number of carbonyl (C=O) groups is 1. The molecule has 0 spiro atoms. The Labute approximate surface area is 142 Å². The number of rotatable bonds is 6. The van der Waals surface area contributed by atoms with E-state index in [1.165, 1.54) is 0 Å². The topological polar surface area (TPSA) is 37.3 Å². The number of hydrogen-bond acceptors (Lipinski definition) is 2. The first kappa shape index (κ1) is 19.7. The zero-order valence-corrected chi connectivity index (χ0v) is 15.8. The first-order valence-electron chi connectivity index (χ1n) is 8.69. The van der Waals surface area contributed by atoms with Crippen LogP contribution in [0, 0.1) is 6.92 Å². The van der Waals surface area contributed by atoms with Gasteiger partial charge < -0.3 is 5.11 Å². The lowest BCUT2D eigenvalue weighted by atomic mass is 9.78. The second-order valence-electron chi connectivity index (χ2n) is 8.51. The molecule has 23 heavy (non-hydrogen) atoms. The van der Waals surface area contributed by atoms with E-state index in [9.17, 15) is 9.90 Å². The summed E-state index contributed by atoms with van der Waals surface area (Å²) in [7, 11) is 0. The van der Waals surface area contributed by atoms with Gasteiger partial charge in [0.1, 0.15) is 5.75 Å². The number of hydrogen-bond donors (Lipinski definition) is 1. The molecule has 0 bridgehead atoms. The van der Waals surface area contributed by atoms with Crippen molar-refractivity contribution in [2.45, 2.75) is 84.5 Å². The van der Waals surface area contributed by atoms with Crippen molar-refractivity contribution in [3.63, 3.8) is 0 Å². The molecule has 0 unspecified atom stereocenters. The van der Waals surface area contributed by atoms with Crippen LogP contribution < -0.4 is 0 Å². The van der Waals surface area contributed by atoms with Crippen LogP contribution in [0.5, 0.6) is 5.75 Å². The van der Waals surface area contributed by atoms with Crippen LogP contribution in [0.15, 0.2) is 12.1 Å². The predicted molar refractivity (Wildman–Crippen MR) is 98.3 cm³/mol. The highest BCUT2D eigenvalue weighted by atomic mass is 16.3. The summed E-state index contributed by atoms with van der Waals surface area (Å²) in [5.41, 5.74) is 2.03. The molecular formula is C21H33O2. The van der Waals surface area contributed by atoms with Crippen molar-refractivity contribution in [1.82, 2.24) is 0 Å². The standard InChI is InChI=1S/C21H33O2/c1-8-9-10-11-12-18(22)15-13-16(20(2,3)4)19(23)17(14-15)21(5,6)7/h13-14,23H,1,8-12H2,2-7H3. The molecule has 0 aromatic heterocycles. The highest BCUT2D eigenvalue weighted by Crippen LogP contribution is 2.40. The van der Waals surface area contributed by atoms with Gasteiger partial charge in [0.15, 0.2) is 5.78 Å². The van der Waals surface area contributed by atoms with Crippen molar-refractivity contribution in [2.75, 3.05) is 0 Å². The molecular weight excluding hydrogens is 284 g/mol. The number of phenolic OH excluding ortho intramolecular Hbond substituents is 1. The second-order valence-corrected chi connectivity index (χ2v) is 8.51. The monoisotopic (exact) mass is 317 g/mol. The predicted octanol–water partition coefficient (Wildman–Crippen LogP) is 5.95. The molecule has 0 aliphatic carbocycles. The normalized spacial score (nSPS) is 12.5. The third-order valence-electron chi connectivity index (χ3n) is 4.20. The van der Waals surface area contributed by atoms with Crippen molar-refractivity contribution in [3.05, 3.63) is 35.7 Å². The molecule has 1 N–H and O–H groups in total. The average Bonchev–Trinajstić information content (AvgIpc) is 2.41. The quantitative estimate of drug-likeness (QED) is 0.519. The van der Waals surface area contributed by atoms with Gasteiger partial charge in [-0.3, -0.25) is 4.79 Å². The SMILES string of the molecule is [CH2]CCCCCC(=O)c1cc(C(C)(C)C)c(O)c(C(C)(C)C)c1. The van der Waals surface area contributed by atoms with Gasteiger partial charge in [-0.2, -0.15) is 0 Å². The van der Waals surface area contributed by atoms with Gasteiger partial charge in [-0.25, -0.2) is 0 Å². The number of ketones is 1. The molecule has 129 valence electrons. The minimum absolute atomic E-state index is 0.171. The van der Waals surface area contributed by atoms with E-state index in [0.717, 1.165) is 42.4 Å². The Morgan fingerprint density at radius 3 is 1.83 bits per heavy atom. The van der Waals surface area contributed by atoms with Crippen LogP contribution in [0.2, 0.25) is 0 Å². The molecule has 1 aromatic carbocycles. The van der Waals surface area contributed by atoms with Gasteiger partial charge in [0.05, 0.1) is 0 Å². The first-order valence-corrected chi connectivity index (χ1v) is 8.69. The van der Waals surface area contributed by atoms with Crippen LogP contribution in [0.1, 0.15) is 95.1 Å². The third kappa shape index (κ3) is 5.37. The Morgan fingerprint density at radius 1 is 0.957 bits per heavy atom. The Morgan fingerprint density at radius 2 is 1.43 bits per heavy atom. The molecule has 0 heterocycles. The number of Topliss-reactive ketones (excluding diaryl/α,β-unsaturated/α-hetero) is 1. The van der Waals surface area contributed by atoms with Crippen LogP contribution in [-0.2, 0) is 10.8 Å². The van der Waals surface area contributed by atoms with Crippen molar-refractivity contribution in [1.29, 1.82) is 0 Å². The van der Waals surface area contributed by atoms with Gasteiger partial charge in [-0.1, -0.05) is 67.7 Å². The molecule has 0 amide bonds. The summed E-state index contributed by atoms with van der Waals surface area (Å²) in [5.74, 6) is 0.503. The number of benzene rings is 1. The highest BCUT2D eigenvalue weighted by molar-refractivity contribution is 5.96. The summed E-state index contributed by atoms with van der Waals surface area (Å²) in [6.45, 7) is 16.2. The van der Waals surface area contributed by atoms with Crippen molar-refractivity contribution in [3.8, 4) is 5.75 Å². The Hall–Kier alpha value is -1.31. The average molecular weight is 317 g/mol. The summed E-state index contributed by atoms with van der Waals surface area (Å²) in [6.07, 6.45) is 4.52. The van der Waals surface area contributed by atoms with Gasteiger partial charge >= 0.3 is 0 Å². The lowest BCUT2D eigenvalue weighted by molar-refractivity contribution is 0.0979. The third-order valence-corrected chi connectivity index (χ3v) is 4.20. The van der Waals surface area contributed by atoms with Gasteiger partial charge in [0.25, 0.3) is 0 Å². The van der Waals surface area contributed by atoms with E-state index in [4.69, 9.17) is 0 Å². The summed E-state index contributed by atoms with van der Waals surface area (Å²) in [4.78, 5) is 12.6. The molecule has 1 rings (SSSR count). The maximum absolute atomic E-state index is 12.6. The minimum Gasteiger partial charge on any atom is -0.507 e. The molecule has 2 nitrogen and oxygen atoms in total. The molecule has 1 radical (unpaired) electrons. The van der Waals surface area contributed by atoms with E-state index in [2.05, 4.69) is 48.5 Å². The van der Waals surface area contributed by atoms with Crippen LogP contribution in [0.25, 0.3) is 0 Å². The molecule has 0 fully saturated rings. The fourth-order valence-corrected chi connectivity index (χ4v) is 2.72. The Bertz CT molecular complexity index is 507. The molecule has 0 atom stereocenters. The summed E-state index contributed by atoms with van der Waals surface area (Å²) < 4.78 is 0. The fraction of sp³-hybridized carbons (Fsp3) is 0.619. The second kappa shape index (κ2) is 7.51. The summed E-state index contributed by atoms with van der Waals surface area (Å²) in [6, 6.07) is 3.77.